The van der Waals surface area contributed by atoms with Crippen molar-refractivity contribution in [2.45, 2.75) is 30.1 Å². The normalized spacial score (nSPS) is 13.9. The van der Waals surface area contributed by atoms with Crippen LogP contribution in [0.3, 0.4) is 0 Å². The number of carbonyl (C=O) groups is 2. The third-order valence-electron chi connectivity index (χ3n) is 7.02. The monoisotopic (exact) mass is 583 g/mol. The van der Waals surface area contributed by atoms with Crippen LogP contribution in [-0.4, -0.2) is 31.8 Å². The van der Waals surface area contributed by atoms with Gasteiger partial charge < -0.3 is 20.1 Å². The molecule has 0 spiro atoms. The molecule has 0 bridgehead atoms. The Morgan fingerprint density at radius 1 is 1.00 bits per heavy atom. The Bertz CT molecular complexity index is 1590. The van der Waals surface area contributed by atoms with Gasteiger partial charge >= 0.3 is 0 Å². The van der Waals surface area contributed by atoms with Crippen molar-refractivity contribution in [3.8, 4) is 17.6 Å². The van der Waals surface area contributed by atoms with Crippen LogP contribution in [0.2, 0.25) is 0 Å². The van der Waals surface area contributed by atoms with Gasteiger partial charge in [-0.15, -0.1) is 23.1 Å². The van der Waals surface area contributed by atoms with Crippen molar-refractivity contribution in [1.82, 2.24) is 0 Å². The number of hydrogen-bond donors (Lipinski definition) is 2. The Balaban J connectivity index is 1.22. The highest BCUT2D eigenvalue weighted by Gasteiger charge is 2.27. The summed E-state index contributed by atoms with van der Waals surface area (Å²) in [5.41, 5.74) is 3.86. The van der Waals surface area contributed by atoms with E-state index in [1.807, 2.05) is 24.3 Å². The highest BCUT2D eigenvalue weighted by Crippen LogP contribution is 2.42. The maximum Gasteiger partial charge on any atom is 0.263 e. The zero-order valence-corrected chi connectivity index (χ0v) is 24.4. The third-order valence-corrected chi connectivity index (χ3v) is 9.18. The van der Waals surface area contributed by atoms with Gasteiger partial charge in [0.2, 0.25) is 5.91 Å². The van der Waals surface area contributed by atoms with Crippen molar-refractivity contribution in [2.75, 3.05) is 30.6 Å². The summed E-state index contributed by atoms with van der Waals surface area (Å²) in [5, 5.41) is 16.4. The number of carbonyl (C=O) groups excluding carboxylic acids is 2. The van der Waals surface area contributed by atoms with Gasteiger partial charge in [-0.25, -0.2) is 0 Å². The largest absolute Gasteiger partial charge is 0.496 e. The van der Waals surface area contributed by atoms with Crippen molar-refractivity contribution in [1.29, 1.82) is 5.26 Å². The van der Waals surface area contributed by atoms with Gasteiger partial charge in [-0.2, -0.15) is 5.26 Å². The predicted molar refractivity (Wildman–Crippen MR) is 164 cm³/mol. The topological polar surface area (TPSA) is 100 Å². The lowest BCUT2D eigenvalue weighted by atomic mass is 9.83. The summed E-state index contributed by atoms with van der Waals surface area (Å²) in [6.07, 6.45) is 2.70. The molecule has 1 heterocycles. The van der Waals surface area contributed by atoms with Gasteiger partial charge in [0, 0.05) is 15.5 Å². The minimum Gasteiger partial charge on any atom is -0.496 e. The molecule has 1 unspecified atom stereocenters. The first-order chi connectivity index (χ1) is 20.0. The smallest absolute Gasteiger partial charge is 0.263 e. The van der Waals surface area contributed by atoms with Crippen LogP contribution in [0.4, 0.5) is 10.7 Å². The number of rotatable bonds is 9. The van der Waals surface area contributed by atoms with Crippen LogP contribution < -0.4 is 20.1 Å². The standard InChI is InChI=1S/C32H29N3O4S2/c1-38-26-12-7-13-27(39-2)30(26)31(37)34-22-10-6-11-23(17-22)40-19-29(36)35-32-25(18-33)24-15-14-21(16-28(24)41-32)20-8-4-3-5-9-20/h3-13,17,21H,14-16,19H2,1-2H3,(H,34,37)(H,35,36). The summed E-state index contributed by atoms with van der Waals surface area (Å²) in [5.74, 6) is 0.859. The molecular weight excluding hydrogens is 555 g/mol. The first-order valence-corrected chi connectivity index (χ1v) is 15.0. The molecule has 208 valence electrons. The van der Waals surface area contributed by atoms with Gasteiger partial charge in [-0.3, -0.25) is 9.59 Å². The molecule has 2 amide bonds. The molecular formula is C32H29N3O4S2. The van der Waals surface area contributed by atoms with Crippen LogP contribution >= 0.6 is 23.1 Å². The van der Waals surface area contributed by atoms with E-state index >= 15 is 0 Å². The number of nitrogens with zero attached hydrogens (tertiary/aromatic N) is 1. The maximum atomic E-state index is 13.0. The zero-order valence-electron chi connectivity index (χ0n) is 22.7. The van der Waals surface area contributed by atoms with E-state index in [2.05, 4.69) is 41.0 Å². The fourth-order valence-electron chi connectivity index (χ4n) is 5.05. The molecule has 3 aromatic carbocycles. The molecule has 0 saturated carbocycles. The molecule has 4 aromatic rings. The fourth-order valence-corrected chi connectivity index (χ4v) is 7.09. The molecule has 0 saturated heterocycles. The van der Waals surface area contributed by atoms with Gasteiger partial charge in [0.15, 0.2) is 0 Å². The van der Waals surface area contributed by atoms with E-state index in [1.165, 1.54) is 47.8 Å². The summed E-state index contributed by atoms with van der Waals surface area (Å²) in [6, 6.07) is 25.2. The number of thioether (sulfide) groups is 1. The molecule has 0 radical (unpaired) electrons. The molecule has 0 aliphatic heterocycles. The second-order valence-corrected chi connectivity index (χ2v) is 11.7. The van der Waals surface area contributed by atoms with Crippen LogP contribution in [0.5, 0.6) is 11.5 Å². The Morgan fingerprint density at radius 2 is 1.73 bits per heavy atom. The number of thiophene rings is 1. The lowest BCUT2D eigenvalue weighted by Crippen LogP contribution is -2.15. The van der Waals surface area contributed by atoms with Gasteiger partial charge in [0.05, 0.1) is 25.5 Å². The summed E-state index contributed by atoms with van der Waals surface area (Å²) < 4.78 is 10.7. The fraction of sp³-hybridized carbons (Fsp3) is 0.219. The molecule has 2 N–H and O–H groups in total. The van der Waals surface area contributed by atoms with Gasteiger partial charge in [0.1, 0.15) is 28.1 Å². The molecule has 1 atom stereocenters. The van der Waals surface area contributed by atoms with Crippen LogP contribution in [0.25, 0.3) is 0 Å². The molecule has 5 rings (SSSR count). The van der Waals surface area contributed by atoms with Crippen molar-refractivity contribution in [2.24, 2.45) is 0 Å². The maximum absolute atomic E-state index is 13.0. The Morgan fingerprint density at radius 3 is 2.44 bits per heavy atom. The summed E-state index contributed by atoms with van der Waals surface area (Å²) in [7, 11) is 3.00. The van der Waals surface area contributed by atoms with Crippen LogP contribution in [0.15, 0.2) is 77.7 Å². The first kappa shape index (κ1) is 28.3. The molecule has 0 fully saturated rings. The number of nitrogens with one attached hydrogen (secondary N) is 2. The summed E-state index contributed by atoms with van der Waals surface area (Å²) in [4.78, 5) is 27.9. The number of ether oxygens (including phenoxy) is 2. The lowest BCUT2D eigenvalue weighted by Gasteiger charge is -2.22. The average Bonchev–Trinajstić information content (AvgIpc) is 3.36. The van der Waals surface area contributed by atoms with Gasteiger partial charge in [0.25, 0.3) is 5.91 Å². The third kappa shape index (κ3) is 6.40. The Kier molecular flexibility index (Phi) is 8.92. The number of methoxy groups -OCH3 is 2. The Labute approximate surface area is 247 Å². The average molecular weight is 584 g/mol. The van der Waals surface area contributed by atoms with Crippen molar-refractivity contribution < 1.29 is 19.1 Å². The highest BCUT2D eigenvalue weighted by molar-refractivity contribution is 8.00. The van der Waals surface area contributed by atoms with E-state index in [0.29, 0.717) is 39.2 Å². The van der Waals surface area contributed by atoms with E-state index in [4.69, 9.17) is 9.47 Å². The summed E-state index contributed by atoms with van der Waals surface area (Å²) >= 11 is 2.87. The second kappa shape index (κ2) is 12.9. The first-order valence-electron chi connectivity index (χ1n) is 13.1. The predicted octanol–water partition coefficient (Wildman–Crippen LogP) is 6.89. The SMILES string of the molecule is COc1cccc(OC)c1C(=O)Nc1cccc(SCC(=O)Nc2sc3c(c2C#N)CCC(c2ccccc2)C3)c1. The van der Waals surface area contributed by atoms with Crippen LogP contribution in [0, 0.1) is 11.3 Å². The van der Waals surface area contributed by atoms with E-state index in [9.17, 15) is 14.9 Å². The van der Waals surface area contributed by atoms with Crippen molar-refractivity contribution in [3.63, 3.8) is 0 Å². The second-order valence-electron chi connectivity index (χ2n) is 9.53. The number of fused-ring (bicyclic) bond motifs is 1. The quantitative estimate of drug-likeness (QED) is 0.208. The van der Waals surface area contributed by atoms with E-state index in [-0.39, 0.29) is 17.6 Å². The minimum atomic E-state index is -0.362. The molecule has 41 heavy (non-hydrogen) atoms. The molecule has 7 nitrogen and oxygen atoms in total. The lowest BCUT2D eigenvalue weighted by molar-refractivity contribution is -0.113. The van der Waals surface area contributed by atoms with Crippen molar-refractivity contribution >= 4 is 45.6 Å². The van der Waals surface area contributed by atoms with Crippen molar-refractivity contribution in [3.05, 3.63) is 99.9 Å². The number of hydrogen-bond acceptors (Lipinski definition) is 7. The number of benzene rings is 3. The minimum absolute atomic E-state index is 0.164. The molecule has 1 aromatic heterocycles. The van der Waals surface area contributed by atoms with Crippen LogP contribution in [-0.2, 0) is 17.6 Å². The number of anilines is 2. The van der Waals surface area contributed by atoms with E-state index < -0.39 is 0 Å². The van der Waals surface area contributed by atoms with E-state index in [0.717, 1.165) is 29.7 Å². The Hall–Kier alpha value is -4.26. The zero-order chi connectivity index (χ0) is 28.8. The van der Waals surface area contributed by atoms with Gasteiger partial charge in [-0.1, -0.05) is 42.5 Å². The molecule has 9 heteroatoms. The number of nitriles is 1. The number of amides is 2. The van der Waals surface area contributed by atoms with E-state index in [1.54, 1.807) is 24.3 Å². The summed E-state index contributed by atoms with van der Waals surface area (Å²) in [6.45, 7) is 0. The molecule has 1 aliphatic rings. The van der Waals surface area contributed by atoms with Gasteiger partial charge in [-0.05, 0) is 66.6 Å². The molecule has 1 aliphatic carbocycles. The van der Waals surface area contributed by atoms with Crippen LogP contribution in [0.1, 0.15) is 44.3 Å². The highest BCUT2D eigenvalue weighted by atomic mass is 32.2.